The number of hydrogen-bond donors (Lipinski definition) is 4. The van der Waals surface area contributed by atoms with Crippen LogP contribution < -0.4 is 10.6 Å². The Morgan fingerprint density at radius 2 is 1.66 bits per heavy atom. The summed E-state index contributed by atoms with van der Waals surface area (Å²) in [6.45, 7) is 0.867. The Labute approximate surface area is 173 Å². The van der Waals surface area contributed by atoms with Gasteiger partial charge in [0.1, 0.15) is 6.23 Å². The van der Waals surface area contributed by atoms with Gasteiger partial charge in [-0.15, -0.1) is 0 Å². The van der Waals surface area contributed by atoms with Crippen LogP contribution in [0.15, 0.2) is 60.7 Å². The van der Waals surface area contributed by atoms with Crippen LogP contribution in [0.2, 0.25) is 0 Å². The molecule has 0 amide bonds. The summed E-state index contributed by atoms with van der Waals surface area (Å²) in [4.78, 5) is 0. The van der Waals surface area contributed by atoms with Gasteiger partial charge in [0.25, 0.3) is 0 Å². The minimum atomic E-state index is -0.767. The summed E-state index contributed by atoms with van der Waals surface area (Å²) in [6.07, 6.45) is 8.90. The van der Waals surface area contributed by atoms with E-state index in [0.29, 0.717) is 25.0 Å². The highest BCUT2D eigenvalue weighted by atomic mass is 16.3. The van der Waals surface area contributed by atoms with Crippen LogP contribution in [0.3, 0.4) is 0 Å². The number of aliphatic hydroxyl groups excluding tert-OH is 2. The van der Waals surface area contributed by atoms with Gasteiger partial charge in [-0.1, -0.05) is 60.7 Å². The third-order valence-corrected chi connectivity index (χ3v) is 6.17. The summed E-state index contributed by atoms with van der Waals surface area (Å²) in [5.74, 6) is 0.498. The molecule has 0 aliphatic heterocycles. The van der Waals surface area contributed by atoms with Crippen molar-refractivity contribution in [3.8, 4) is 0 Å². The van der Waals surface area contributed by atoms with Crippen LogP contribution in [0.5, 0.6) is 0 Å². The van der Waals surface area contributed by atoms with Gasteiger partial charge >= 0.3 is 0 Å². The molecule has 0 bridgehead atoms. The van der Waals surface area contributed by atoms with E-state index in [-0.39, 0.29) is 0 Å². The molecular formula is C25H32N2O2. The van der Waals surface area contributed by atoms with Crippen LogP contribution in [0.4, 0.5) is 0 Å². The number of nitrogens with one attached hydrogen (secondary N) is 2. The van der Waals surface area contributed by atoms with Crippen molar-refractivity contribution in [1.82, 2.24) is 10.6 Å². The number of allylic oxidation sites excluding steroid dienone is 2. The van der Waals surface area contributed by atoms with Gasteiger partial charge < -0.3 is 15.5 Å². The van der Waals surface area contributed by atoms with Gasteiger partial charge in [-0.05, 0) is 54.4 Å². The standard InChI is InChI=1S/C25H32N2O2/c28-24(16-26-23-14-21-8-4-5-9-22(21)15-23)17-27-25(29)20-12-10-19(11-13-20)18-6-2-1-3-7-18/h2,4-6,8-13,18,23-29H,1,3,7,14-17H2. The molecule has 4 rings (SSSR count). The summed E-state index contributed by atoms with van der Waals surface area (Å²) in [5.41, 5.74) is 4.94. The van der Waals surface area contributed by atoms with Crippen molar-refractivity contribution in [3.63, 3.8) is 0 Å². The van der Waals surface area contributed by atoms with Crippen molar-refractivity contribution in [2.45, 2.75) is 56.4 Å². The first kappa shape index (κ1) is 20.3. The molecule has 0 saturated heterocycles. The summed E-state index contributed by atoms with van der Waals surface area (Å²) in [6, 6.07) is 17.1. The topological polar surface area (TPSA) is 64.5 Å². The van der Waals surface area contributed by atoms with Crippen molar-refractivity contribution in [2.75, 3.05) is 13.1 Å². The first-order valence-corrected chi connectivity index (χ1v) is 10.9. The highest BCUT2D eigenvalue weighted by Gasteiger charge is 2.21. The van der Waals surface area contributed by atoms with E-state index in [4.69, 9.17) is 0 Å². The Morgan fingerprint density at radius 1 is 0.931 bits per heavy atom. The van der Waals surface area contributed by atoms with Crippen molar-refractivity contribution < 1.29 is 10.2 Å². The maximum atomic E-state index is 10.4. The van der Waals surface area contributed by atoms with Gasteiger partial charge in [-0.2, -0.15) is 0 Å². The maximum absolute atomic E-state index is 10.4. The monoisotopic (exact) mass is 392 g/mol. The van der Waals surface area contributed by atoms with Crippen molar-refractivity contribution >= 4 is 0 Å². The lowest BCUT2D eigenvalue weighted by Gasteiger charge is -2.20. The molecule has 3 atom stereocenters. The minimum Gasteiger partial charge on any atom is -0.390 e. The normalized spacial score (nSPS) is 21.1. The lowest BCUT2D eigenvalue weighted by molar-refractivity contribution is 0.100. The average Bonchev–Trinajstić information content (AvgIpc) is 3.20. The molecule has 2 aromatic rings. The highest BCUT2D eigenvalue weighted by molar-refractivity contribution is 5.33. The van der Waals surface area contributed by atoms with Crippen LogP contribution in [-0.2, 0) is 12.8 Å². The zero-order chi connectivity index (χ0) is 20.1. The van der Waals surface area contributed by atoms with Gasteiger partial charge in [0.05, 0.1) is 6.10 Å². The Bertz CT molecular complexity index is 793. The lowest BCUT2D eigenvalue weighted by Crippen LogP contribution is -2.41. The van der Waals surface area contributed by atoms with E-state index in [9.17, 15) is 10.2 Å². The smallest absolute Gasteiger partial charge is 0.131 e. The quantitative estimate of drug-likeness (QED) is 0.411. The lowest BCUT2D eigenvalue weighted by atomic mass is 9.89. The first-order valence-electron chi connectivity index (χ1n) is 10.9. The zero-order valence-electron chi connectivity index (χ0n) is 16.9. The highest BCUT2D eigenvalue weighted by Crippen LogP contribution is 2.28. The number of fused-ring (bicyclic) bond motifs is 1. The first-order chi connectivity index (χ1) is 14.2. The van der Waals surface area contributed by atoms with E-state index >= 15 is 0 Å². The van der Waals surface area contributed by atoms with E-state index in [1.807, 2.05) is 12.1 Å². The van der Waals surface area contributed by atoms with E-state index in [2.05, 4.69) is 59.2 Å². The van der Waals surface area contributed by atoms with Crippen molar-refractivity contribution in [1.29, 1.82) is 0 Å². The summed E-state index contributed by atoms with van der Waals surface area (Å²) < 4.78 is 0. The molecule has 29 heavy (non-hydrogen) atoms. The summed E-state index contributed by atoms with van der Waals surface area (Å²) >= 11 is 0. The van der Waals surface area contributed by atoms with E-state index in [0.717, 1.165) is 18.4 Å². The predicted octanol–water partition coefficient (Wildman–Crippen LogP) is 3.21. The number of hydrogen-bond acceptors (Lipinski definition) is 4. The fourth-order valence-corrected chi connectivity index (χ4v) is 4.46. The van der Waals surface area contributed by atoms with Gasteiger partial charge in [0.15, 0.2) is 0 Å². The molecule has 0 fully saturated rings. The molecule has 2 aliphatic rings. The molecule has 4 nitrogen and oxygen atoms in total. The second-order valence-corrected chi connectivity index (χ2v) is 8.38. The van der Waals surface area contributed by atoms with Crippen molar-refractivity contribution in [2.24, 2.45) is 0 Å². The van der Waals surface area contributed by atoms with Gasteiger partial charge in [0, 0.05) is 25.0 Å². The maximum Gasteiger partial charge on any atom is 0.131 e. The van der Waals surface area contributed by atoms with Gasteiger partial charge in [-0.3, -0.25) is 5.32 Å². The molecule has 2 aliphatic carbocycles. The number of aliphatic hydroxyl groups is 2. The Kier molecular flexibility index (Phi) is 6.78. The van der Waals surface area contributed by atoms with Gasteiger partial charge in [0.2, 0.25) is 0 Å². The second-order valence-electron chi connectivity index (χ2n) is 8.38. The Morgan fingerprint density at radius 3 is 2.31 bits per heavy atom. The van der Waals surface area contributed by atoms with E-state index in [1.54, 1.807) is 0 Å². The zero-order valence-corrected chi connectivity index (χ0v) is 16.9. The van der Waals surface area contributed by atoms with Crippen molar-refractivity contribution in [3.05, 3.63) is 82.9 Å². The van der Waals surface area contributed by atoms with Crippen LogP contribution in [-0.4, -0.2) is 35.4 Å². The molecule has 4 N–H and O–H groups in total. The summed E-state index contributed by atoms with van der Waals surface area (Å²) in [7, 11) is 0. The number of rotatable bonds is 8. The molecule has 4 heteroatoms. The Balaban J connectivity index is 1.19. The van der Waals surface area contributed by atoms with Crippen LogP contribution in [0.25, 0.3) is 0 Å². The van der Waals surface area contributed by atoms with Gasteiger partial charge in [-0.25, -0.2) is 0 Å². The molecule has 154 valence electrons. The molecule has 0 saturated carbocycles. The second kappa shape index (κ2) is 9.68. The minimum absolute atomic E-state index is 0.348. The molecule has 0 radical (unpaired) electrons. The summed E-state index contributed by atoms with van der Waals surface area (Å²) in [5, 5.41) is 27.2. The van der Waals surface area contributed by atoms with Crippen LogP contribution in [0.1, 0.15) is 53.7 Å². The average molecular weight is 393 g/mol. The van der Waals surface area contributed by atoms with E-state index in [1.165, 1.54) is 36.0 Å². The molecule has 3 unspecified atom stereocenters. The third kappa shape index (κ3) is 5.34. The van der Waals surface area contributed by atoms with E-state index < -0.39 is 12.3 Å². The Hall–Kier alpha value is -1.98. The molecule has 0 heterocycles. The molecule has 2 aromatic carbocycles. The van der Waals surface area contributed by atoms with Crippen LogP contribution in [0, 0.1) is 0 Å². The fraction of sp³-hybridized carbons (Fsp3) is 0.440. The fourth-order valence-electron chi connectivity index (χ4n) is 4.46. The number of benzene rings is 2. The SMILES string of the molecule is OC(CNC1Cc2ccccc2C1)CNC(O)c1ccc(C2C=CCCC2)cc1. The molecular weight excluding hydrogens is 360 g/mol. The van der Waals surface area contributed by atoms with Crippen LogP contribution >= 0.6 is 0 Å². The predicted molar refractivity (Wildman–Crippen MR) is 117 cm³/mol. The molecule has 0 spiro atoms. The largest absolute Gasteiger partial charge is 0.390 e. The third-order valence-electron chi connectivity index (χ3n) is 6.17. The molecule has 0 aromatic heterocycles.